The first-order valence-corrected chi connectivity index (χ1v) is 14.3. The number of ether oxygens (including phenoxy) is 2. The van der Waals surface area contributed by atoms with Crippen molar-refractivity contribution >= 4 is 33.8 Å². The van der Waals surface area contributed by atoms with E-state index in [4.69, 9.17) is 26.7 Å². The number of benzene rings is 3. The molecular formula is C33H34N4O3S. The molecule has 1 aromatic heterocycles. The molecule has 8 heteroatoms. The van der Waals surface area contributed by atoms with Gasteiger partial charge in [-0.15, -0.1) is 0 Å². The minimum atomic E-state index is -1.58. The Balaban J connectivity index is 1.62. The molecular weight excluding hydrogens is 532 g/mol. The van der Waals surface area contributed by atoms with Gasteiger partial charge in [-0.25, -0.2) is 4.98 Å². The van der Waals surface area contributed by atoms with E-state index in [9.17, 15) is 5.11 Å². The van der Waals surface area contributed by atoms with Crippen molar-refractivity contribution in [1.82, 2.24) is 15.7 Å². The van der Waals surface area contributed by atoms with Crippen molar-refractivity contribution in [2.75, 3.05) is 20.3 Å². The molecule has 2 aliphatic rings. The number of pyridine rings is 1. The summed E-state index contributed by atoms with van der Waals surface area (Å²) in [5.41, 5.74) is 8.24. The average molecular weight is 567 g/mol. The summed E-state index contributed by atoms with van der Waals surface area (Å²) in [5, 5.41) is 21.6. The van der Waals surface area contributed by atoms with Gasteiger partial charge in [0.05, 0.1) is 29.9 Å². The Bertz CT molecular complexity index is 1680. The summed E-state index contributed by atoms with van der Waals surface area (Å²) < 4.78 is 12.0. The van der Waals surface area contributed by atoms with Gasteiger partial charge in [0.25, 0.3) is 0 Å². The van der Waals surface area contributed by atoms with E-state index in [1.54, 1.807) is 7.11 Å². The average Bonchev–Trinajstić information content (AvgIpc) is 3.83. The Morgan fingerprint density at radius 3 is 2.68 bits per heavy atom. The first kappa shape index (κ1) is 27.3. The molecule has 0 aliphatic carbocycles. The molecule has 6 rings (SSSR count). The Labute approximate surface area is 245 Å². The highest BCUT2D eigenvalue weighted by Crippen LogP contribution is 2.41. The third-order valence-corrected chi connectivity index (χ3v) is 8.46. The van der Waals surface area contributed by atoms with Crippen molar-refractivity contribution in [2.45, 2.75) is 38.8 Å². The molecule has 6 bridgehead atoms. The maximum atomic E-state index is 12.7. The lowest BCUT2D eigenvalue weighted by molar-refractivity contribution is 0.154. The number of rotatable bonds is 5. The summed E-state index contributed by atoms with van der Waals surface area (Å²) in [6.07, 6.45) is 0.738. The zero-order valence-electron chi connectivity index (χ0n) is 23.7. The van der Waals surface area contributed by atoms with E-state index in [1.165, 1.54) is 5.56 Å². The van der Waals surface area contributed by atoms with Crippen LogP contribution in [0.25, 0.3) is 22.0 Å². The number of aromatic nitrogens is 1. The fraction of sp³-hybridized carbons (Fsp3) is 0.303. The second kappa shape index (κ2) is 10.9. The van der Waals surface area contributed by atoms with Gasteiger partial charge in [0, 0.05) is 41.9 Å². The fourth-order valence-electron chi connectivity index (χ4n) is 5.33. The zero-order chi connectivity index (χ0) is 28.7. The third kappa shape index (κ3) is 5.19. The molecule has 2 unspecified atom stereocenters. The van der Waals surface area contributed by atoms with Gasteiger partial charge in [0.2, 0.25) is 5.88 Å². The molecule has 3 N–H and O–H groups in total. The smallest absolute Gasteiger partial charge is 0.214 e. The molecule has 41 heavy (non-hydrogen) atoms. The van der Waals surface area contributed by atoms with Crippen LogP contribution in [0.2, 0.25) is 0 Å². The number of nitrogens with one attached hydrogen (secondary N) is 2. The van der Waals surface area contributed by atoms with Crippen molar-refractivity contribution < 1.29 is 14.6 Å². The van der Waals surface area contributed by atoms with E-state index in [0.29, 0.717) is 34.3 Å². The van der Waals surface area contributed by atoms with Crippen molar-refractivity contribution in [3.8, 4) is 22.8 Å². The summed E-state index contributed by atoms with van der Waals surface area (Å²) in [5.74, 6) is 1.41. The van der Waals surface area contributed by atoms with Gasteiger partial charge >= 0.3 is 0 Å². The number of fused-ring (bicyclic) bond motifs is 6. The summed E-state index contributed by atoms with van der Waals surface area (Å²) in [7, 11) is 1.62. The SMILES string of the molecule is COc1cc2c3cc(ccc3n1)C(O)(/C(C)=N/NC(=S)C(C)C)c1ccc(C3CN3)c(c1)OCCc1cccc-2c1. The summed E-state index contributed by atoms with van der Waals surface area (Å²) in [4.78, 5) is 5.32. The predicted molar refractivity (Wildman–Crippen MR) is 167 cm³/mol. The molecule has 0 radical (unpaired) electrons. The van der Waals surface area contributed by atoms with Gasteiger partial charge in [-0.2, -0.15) is 5.10 Å². The minimum Gasteiger partial charge on any atom is -0.493 e. The van der Waals surface area contributed by atoms with E-state index in [-0.39, 0.29) is 12.0 Å². The van der Waals surface area contributed by atoms with Crippen molar-refractivity contribution in [1.29, 1.82) is 0 Å². The van der Waals surface area contributed by atoms with Crippen LogP contribution in [-0.4, -0.2) is 41.1 Å². The van der Waals surface area contributed by atoms with Gasteiger partial charge in [-0.3, -0.25) is 5.43 Å². The molecule has 3 heterocycles. The topological polar surface area (TPSA) is 97.9 Å². The van der Waals surface area contributed by atoms with Crippen molar-refractivity contribution in [3.63, 3.8) is 0 Å². The highest BCUT2D eigenvalue weighted by Gasteiger charge is 2.38. The second-order valence-electron chi connectivity index (χ2n) is 11.0. The molecule has 1 fully saturated rings. The number of methoxy groups -OCH3 is 1. The molecule has 0 saturated carbocycles. The highest BCUT2D eigenvalue weighted by molar-refractivity contribution is 7.80. The Morgan fingerprint density at radius 1 is 1.15 bits per heavy atom. The molecule has 1 saturated heterocycles. The van der Waals surface area contributed by atoms with Gasteiger partial charge < -0.3 is 19.9 Å². The molecule has 7 nitrogen and oxygen atoms in total. The van der Waals surface area contributed by atoms with Crippen LogP contribution in [0.15, 0.2) is 71.8 Å². The van der Waals surface area contributed by atoms with Crippen LogP contribution >= 0.6 is 12.2 Å². The van der Waals surface area contributed by atoms with Crippen LogP contribution in [-0.2, 0) is 12.0 Å². The summed E-state index contributed by atoms with van der Waals surface area (Å²) >= 11 is 5.48. The Kier molecular flexibility index (Phi) is 7.23. The van der Waals surface area contributed by atoms with Crippen LogP contribution in [0.1, 0.15) is 49.1 Å². The standard InChI is InChI=1S/C33H34N4O3S/c1-19(2)32(41)37-36-20(3)33(38)23-9-11-28-27(15-23)26(17-31(35-28)39-4)22-7-5-6-21(14-22)12-13-40-30-16-24(33)8-10-25(30)29-18-34-29/h5-11,14-17,19,29,34,38H,12-13,18H2,1-4H3,(H,37,41)/b36-20+. The largest absolute Gasteiger partial charge is 0.493 e. The fourth-order valence-corrected chi connectivity index (χ4v) is 5.37. The third-order valence-electron chi connectivity index (χ3n) is 7.90. The van der Waals surface area contributed by atoms with Crippen molar-refractivity contribution in [3.05, 3.63) is 89.0 Å². The molecule has 3 aromatic carbocycles. The zero-order valence-corrected chi connectivity index (χ0v) is 24.5. The lowest BCUT2D eigenvalue weighted by Gasteiger charge is -2.31. The molecule has 4 aromatic rings. The van der Waals surface area contributed by atoms with Gasteiger partial charge in [0.15, 0.2) is 5.60 Å². The predicted octanol–water partition coefficient (Wildman–Crippen LogP) is 5.67. The number of nitrogens with zero attached hydrogens (tertiary/aromatic N) is 2. The maximum Gasteiger partial charge on any atom is 0.214 e. The van der Waals surface area contributed by atoms with Gasteiger partial charge in [-0.05, 0) is 52.9 Å². The van der Waals surface area contributed by atoms with E-state index in [0.717, 1.165) is 46.3 Å². The molecule has 2 aliphatic heterocycles. The molecule has 0 amide bonds. The summed E-state index contributed by atoms with van der Waals surface area (Å²) in [6.45, 7) is 7.24. The first-order chi connectivity index (χ1) is 19.8. The lowest BCUT2D eigenvalue weighted by Crippen LogP contribution is -2.37. The Hall–Kier alpha value is -3.85. The van der Waals surface area contributed by atoms with Crippen LogP contribution in [0.3, 0.4) is 0 Å². The lowest BCUT2D eigenvalue weighted by atomic mass is 9.81. The Morgan fingerprint density at radius 2 is 1.93 bits per heavy atom. The minimum absolute atomic E-state index is 0.116. The number of hydrazone groups is 1. The quantitative estimate of drug-likeness (QED) is 0.124. The van der Waals surface area contributed by atoms with Crippen LogP contribution < -0.4 is 20.2 Å². The first-order valence-electron chi connectivity index (χ1n) is 13.9. The maximum absolute atomic E-state index is 12.7. The number of hydrogen-bond acceptors (Lipinski definition) is 7. The molecule has 0 spiro atoms. The second-order valence-corrected chi connectivity index (χ2v) is 11.4. The van der Waals surface area contributed by atoms with Gasteiger partial charge in [0.1, 0.15) is 5.75 Å². The van der Waals surface area contributed by atoms with E-state index < -0.39 is 5.60 Å². The van der Waals surface area contributed by atoms with E-state index in [2.05, 4.69) is 40.1 Å². The summed E-state index contributed by atoms with van der Waals surface area (Å²) in [6, 6.07) is 22.5. The van der Waals surface area contributed by atoms with E-state index in [1.807, 2.05) is 63.2 Å². The normalized spacial score (nSPS) is 20.0. The molecule has 2 atom stereocenters. The number of thiocarbonyl (C=S) groups is 1. The molecule has 210 valence electrons. The number of hydrogen-bond donors (Lipinski definition) is 3. The van der Waals surface area contributed by atoms with Crippen molar-refractivity contribution in [2.24, 2.45) is 11.0 Å². The highest BCUT2D eigenvalue weighted by atomic mass is 32.1. The number of aliphatic hydroxyl groups is 1. The van der Waals surface area contributed by atoms with Crippen LogP contribution in [0, 0.1) is 5.92 Å². The van der Waals surface area contributed by atoms with Crippen LogP contribution in [0.5, 0.6) is 11.6 Å². The van der Waals surface area contributed by atoms with E-state index >= 15 is 0 Å². The monoisotopic (exact) mass is 566 g/mol. The van der Waals surface area contributed by atoms with Gasteiger partial charge in [-0.1, -0.05) is 68.5 Å². The van der Waals surface area contributed by atoms with Crippen LogP contribution in [0.4, 0.5) is 0 Å².